The molecule has 1 fully saturated rings. The molecule has 1 atom stereocenters. The number of benzene rings is 1. The molecule has 5 heteroatoms. The molecule has 0 saturated carbocycles. The van der Waals surface area contributed by atoms with Crippen molar-refractivity contribution in [2.45, 2.75) is 33.1 Å². The average Bonchev–Trinajstić information content (AvgIpc) is 2.55. The van der Waals surface area contributed by atoms with Gasteiger partial charge in [-0.2, -0.15) is 0 Å². The molecule has 1 aromatic heterocycles. The summed E-state index contributed by atoms with van der Waals surface area (Å²) in [5.41, 5.74) is 3.34. The second-order valence-electron chi connectivity index (χ2n) is 6.63. The Kier molecular flexibility index (Phi) is 4.69. The fourth-order valence-electron chi connectivity index (χ4n) is 3.56. The first-order valence-electron chi connectivity index (χ1n) is 8.40. The summed E-state index contributed by atoms with van der Waals surface area (Å²) in [6.07, 6.45) is 2.44. The molecule has 1 unspecified atom stereocenters. The van der Waals surface area contributed by atoms with E-state index < -0.39 is 0 Å². The van der Waals surface area contributed by atoms with Gasteiger partial charge in [-0.1, -0.05) is 6.92 Å². The van der Waals surface area contributed by atoms with Crippen LogP contribution in [0.5, 0.6) is 0 Å². The Hall–Kier alpha value is -2.17. The normalized spacial score (nSPS) is 18.0. The molecule has 24 heavy (non-hydrogen) atoms. The molecule has 4 nitrogen and oxygen atoms in total. The van der Waals surface area contributed by atoms with Gasteiger partial charge in [0.15, 0.2) is 0 Å². The summed E-state index contributed by atoms with van der Waals surface area (Å²) < 4.78 is 18.7. The summed E-state index contributed by atoms with van der Waals surface area (Å²) in [4.78, 5) is 18.8. The van der Waals surface area contributed by atoms with Crippen LogP contribution in [0.2, 0.25) is 0 Å². The van der Waals surface area contributed by atoms with Crippen molar-refractivity contribution < 1.29 is 13.9 Å². The van der Waals surface area contributed by atoms with Gasteiger partial charge in [0.2, 0.25) is 0 Å². The second kappa shape index (κ2) is 6.75. The number of aryl methyl sites for hydroxylation is 1. The SMILES string of the molecule is COC(=O)Cc1c(C)nc2ccc(F)cc2c1N1CCCC(C)C1. The molecule has 0 radical (unpaired) electrons. The van der Waals surface area contributed by atoms with Crippen molar-refractivity contribution in [3.05, 3.63) is 35.3 Å². The number of hydrogen-bond donors (Lipinski definition) is 0. The highest BCUT2D eigenvalue weighted by atomic mass is 19.1. The van der Waals surface area contributed by atoms with Crippen LogP contribution in [-0.4, -0.2) is 31.2 Å². The minimum absolute atomic E-state index is 0.155. The van der Waals surface area contributed by atoms with Crippen molar-refractivity contribution in [2.24, 2.45) is 5.92 Å². The van der Waals surface area contributed by atoms with Crippen LogP contribution in [-0.2, 0) is 16.0 Å². The van der Waals surface area contributed by atoms with E-state index in [0.29, 0.717) is 5.92 Å². The van der Waals surface area contributed by atoms with Crippen LogP contribution in [0.25, 0.3) is 10.9 Å². The van der Waals surface area contributed by atoms with E-state index in [1.165, 1.54) is 25.7 Å². The Balaban J connectivity index is 2.21. The smallest absolute Gasteiger partial charge is 0.310 e. The molecule has 0 amide bonds. The molecule has 128 valence electrons. The average molecular weight is 330 g/mol. The van der Waals surface area contributed by atoms with Crippen molar-refractivity contribution in [1.29, 1.82) is 0 Å². The van der Waals surface area contributed by atoms with Gasteiger partial charge < -0.3 is 9.64 Å². The van der Waals surface area contributed by atoms with Crippen molar-refractivity contribution >= 4 is 22.6 Å². The molecule has 0 N–H and O–H groups in total. The van der Waals surface area contributed by atoms with E-state index in [-0.39, 0.29) is 18.2 Å². The van der Waals surface area contributed by atoms with Crippen LogP contribution in [0.1, 0.15) is 31.0 Å². The fourth-order valence-corrected chi connectivity index (χ4v) is 3.56. The Morgan fingerprint density at radius 2 is 2.25 bits per heavy atom. The van der Waals surface area contributed by atoms with Gasteiger partial charge in [-0.15, -0.1) is 0 Å². The monoisotopic (exact) mass is 330 g/mol. The molecule has 2 aromatic rings. The lowest BCUT2D eigenvalue weighted by molar-refractivity contribution is -0.139. The predicted molar refractivity (Wildman–Crippen MR) is 92.8 cm³/mol. The van der Waals surface area contributed by atoms with Crippen molar-refractivity contribution in [3.63, 3.8) is 0 Å². The molecule has 1 aliphatic rings. The molecule has 0 spiro atoms. The number of halogens is 1. The van der Waals surface area contributed by atoms with Gasteiger partial charge in [0.05, 0.1) is 24.7 Å². The first-order valence-corrected chi connectivity index (χ1v) is 8.40. The standard InChI is InChI=1S/C19H23FN2O2/c1-12-5-4-8-22(11-12)19-15(10-18(23)24-3)13(2)21-17-7-6-14(20)9-16(17)19/h6-7,9,12H,4-5,8,10-11H2,1-3H3. The highest BCUT2D eigenvalue weighted by Gasteiger charge is 2.24. The Morgan fingerprint density at radius 3 is 2.96 bits per heavy atom. The van der Waals surface area contributed by atoms with E-state index in [1.54, 1.807) is 6.07 Å². The highest BCUT2D eigenvalue weighted by molar-refractivity contribution is 5.95. The maximum absolute atomic E-state index is 13.9. The molecule has 1 aromatic carbocycles. The van der Waals surface area contributed by atoms with Gasteiger partial charge in [0, 0.05) is 29.7 Å². The topological polar surface area (TPSA) is 42.4 Å². The lowest BCUT2D eigenvalue weighted by Gasteiger charge is -2.35. The van der Waals surface area contributed by atoms with Crippen LogP contribution in [0, 0.1) is 18.7 Å². The number of esters is 1. The zero-order chi connectivity index (χ0) is 17.3. The number of methoxy groups -OCH3 is 1. The molecule has 3 rings (SSSR count). The number of carbonyl (C=O) groups excluding carboxylic acids is 1. The number of nitrogens with zero attached hydrogens (tertiary/aromatic N) is 2. The molecule has 0 aliphatic carbocycles. The molecule has 0 bridgehead atoms. The molecule has 1 saturated heterocycles. The van der Waals surface area contributed by atoms with Gasteiger partial charge in [0.1, 0.15) is 5.82 Å². The van der Waals surface area contributed by atoms with Crippen LogP contribution in [0.3, 0.4) is 0 Å². The van der Waals surface area contributed by atoms with Crippen molar-refractivity contribution in [2.75, 3.05) is 25.1 Å². The first-order chi connectivity index (χ1) is 11.5. The van der Waals surface area contributed by atoms with Gasteiger partial charge in [0.25, 0.3) is 0 Å². The number of pyridine rings is 1. The number of hydrogen-bond acceptors (Lipinski definition) is 4. The minimum atomic E-state index is -0.304. The van der Waals surface area contributed by atoms with E-state index in [1.807, 2.05) is 6.92 Å². The zero-order valence-electron chi connectivity index (χ0n) is 14.4. The van der Waals surface area contributed by atoms with Crippen LogP contribution < -0.4 is 4.90 Å². The summed E-state index contributed by atoms with van der Waals surface area (Å²) >= 11 is 0. The van der Waals surface area contributed by atoms with Gasteiger partial charge in [-0.25, -0.2) is 4.39 Å². The summed E-state index contributed by atoms with van der Waals surface area (Å²) in [6, 6.07) is 4.66. The van der Waals surface area contributed by atoms with Gasteiger partial charge >= 0.3 is 5.97 Å². The number of ether oxygens (including phenoxy) is 1. The highest BCUT2D eigenvalue weighted by Crippen LogP contribution is 2.35. The van der Waals surface area contributed by atoms with E-state index in [2.05, 4.69) is 16.8 Å². The quantitative estimate of drug-likeness (QED) is 0.806. The number of anilines is 1. The number of carbonyl (C=O) groups is 1. The number of fused-ring (bicyclic) bond motifs is 1. The number of aromatic nitrogens is 1. The summed E-state index contributed by atoms with van der Waals surface area (Å²) in [5.74, 6) is -0.0211. The van der Waals surface area contributed by atoms with Crippen LogP contribution in [0.15, 0.2) is 18.2 Å². The third-order valence-corrected chi connectivity index (χ3v) is 4.75. The summed E-state index contributed by atoms with van der Waals surface area (Å²) in [5, 5.41) is 0.772. The number of rotatable bonds is 3. The largest absolute Gasteiger partial charge is 0.469 e. The lowest BCUT2D eigenvalue weighted by atomic mass is 9.96. The van der Waals surface area contributed by atoms with E-state index in [4.69, 9.17) is 4.74 Å². The van der Waals surface area contributed by atoms with Crippen molar-refractivity contribution in [3.8, 4) is 0 Å². The first kappa shape index (κ1) is 16.7. The number of piperidine rings is 1. The van der Waals surface area contributed by atoms with E-state index in [9.17, 15) is 9.18 Å². The molecular formula is C19H23FN2O2. The van der Waals surface area contributed by atoms with E-state index >= 15 is 0 Å². The van der Waals surface area contributed by atoms with Gasteiger partial charge in [-0.3, -0.25) is 9.78 Å². The lowest BCUT2D eigenvalue weighted by Crippen LogP contribution is -2.35. The molecule has 2 heterocycles. The maximum Gasteiger partial charge on any atom is 0.310 e. The molecule has 1 aliphatic heterocycles. The summed E-state index contributed by atoms with van der Waals surface area (Å²) in [7, 11) is 1.38. The Morgan fingerprint density at radius 1 is 1.46 bits per heavy atom. The molecular weight excluding hydrogens is 307 g/mol. The Labute approximate surface area is 141 Å². The van der Waals surface area contributed by atoms with Crippen molar-refractivity contribution in [1.82, 2.24) is 4.98 Å². The second-order valence-corrected chi connectivity index (χ2v) is 6.63. The third-order valence-electron chi connectivity index (χ3n) is 4.75. The maximum atomic E-state index is 13.9. The zero-order valence-corrected chi connectivity index (χ0v) is 14.4. The van der Waals surface area contributed by atoms with Gasteiger partial charge in [-0.05, 0) is 43.9 Å². The summed E-state index contributed by atoms with van der Waals surface area (Å²) in [6.45, 7) is 5.94. The predicted octanol–water partition coefficient (Wildman–Crippen LogP) is 3.63. The fraction of sp³-hybridized carbons (Fsp3) is 0.474. The van der Waals surface area contributed by atoms with Crippen LogP contribution >= 0.6 is 0 Å². The minimum Gasteiger partial charge on any atom is -0.469 e. The van der Waals surface area contributed by atoms with E-state index in [0.717, 1.165) is 47.4 Å². The van der Waals surface area contributed by atoms with Crippen LogP contribution in [0.4, 0.5) is 10.1 Å². The Bertz CT molecular complexity index is 776. The third kappa shape index (κ3) is 3.21.